The second kappa shape index (κ2) is 10.4. The van der Waals surface area contributed by atoms with E-state index in [1.165, 1.54) is 17.4 Å². The molecule has 0 fully saturated rings. The first kappa shape index (κ1) is 21.3. The summed E-state index contributed by atoms with van der Waals surface area (Å²) in [6.07, 6.45) is 3.60. The molecule has 2 aromatic carbocycles. The number of rotatable bonds is 9. The number of aromatic nitrogens is 1. The fraction of sp³-hybridized carbons (Fsp3) is 0.174. The number of carbonyl (C=O) groups is 2. The third kappa shape index (κ3) is 6.56. The van der Waals surface area contributed by atoms with E-state index in [2.05, 4.69) is 10.3 Å². The normalized spacial score (nSPS) is 10.8. The van der Waals surface area contributed by atoms with Gasteiger partial charge in [0.2, 0.25) is 5.91 Å². The molecule has 0 saturated carbocycles. The second-order valence-corrected chi connectivity index (χ2v) is 7.67. The van der Waals surface area contributed by atoms with Crippen LogP contribution in [0.25, 0.3) is 6.08 Å². The average Bonchev–Trinajstić information content (AvgIpc) is 3.09. The fourth-order valence-electron chi connectivity index (χ4n) is 2.67. The Morgan fingerprint density at radius 3 is 2.57 bits per heavy atom. The Kier molecular flexibility index (Phi) is 7.34. The number of nitrogens with zero attached hydrogens (tertiary/aromatic N) is 1. The summed E-state index contributed by atoms with van der Waals surface area (Å²) >= 11 is 1.30. The summed E-state index contributed by atoms with van der Waals surface area (Å²) < 4.78 is 5.75. The molecule has 0 aliphatic heterocycles. The van der Waals surface area contributed by atoms with Crippen LogP contribution >= 0.6 is 11.3 Å². The van der Waals surface area contributed by atoms with Crippen LogP contribution in [0.2, 0.25) is 0 Å². The van der Waals surface area contributed by atoms with Gasteiger partial charge in [0.25, 0.3) is 0 Å². The molecule has 0 spiro atoms. The van der Waals surface area contributed by atoms with Crippen molar-refractivity contribution in [3.63, 3.8) is 0 Å². The van der Waals surface area contributed by atoms with Crippen LogP contribution < -0.4 is 10.1 Å². The van der Waals surface area contributed by atoms with Gasteiger partial charge in [0, 0.05) is 11.0 Å². The Morgan fingerprint density at radius 2 is 1.87 bits per heavy atom. The van der Waals surface area contributed by atoms with Crippen LogP contribution in [-0.2, 0) is 22.6 Å². The SMILES string of the molecule is Cc1nc(NC(=O)/C=C/c2ccc(OCc3ccccc3)cc2)sc1CCC(=O)O. The van der Waals surface area contributed by atoms with E-state index in [9.17, 15) is 9.59 Å². The average molecular weight is 423 g/mol. The van der Waals surface area contributed by atoms with E-state index in [0.717, 1.165) is 27.4 Å². The highest BCUT2D eigenvalue weighted by atomic mass is 32.1. The van der Waals surface area contributed by atoms with Crippen LogP contribution in [-0.4, -0.2) is 22.0 Å². The molecule has 0 saturated heterocycles. The zero-order chi connectivity index (χ0) is 21.3. The number of anilines is 1. The zero-order valence-corrected chi connectivity index (χ0v) is 17.3. The molecule has 0 atom stereocenters. The molecule has 7 heteroatoms. The van der Waals surface area contributed by atoms with E-state index in [-0.39, 0.29) is 12.3 Å². The van der Waals surface area contributed by atoms with Gasteiger partial charge in [-0.25, -0.2) is 4.98 Å². The summed E-state index contributed by atoms with van der Waals surface area (Å²) in [7, 11) is 0. The topological polar surface area (TPSA) is 88.5 Å². The molecule has 0 aliphatic carbocycles. The zero-order valence-electron chi connectivity index (χ0n) is 16.5. The summed E-state index contributed by atoms with van der Waals surface area (Å²) in [5.41, 5.74) is 2.71. The molecule has 154 valence electrons. The van der Waals surface area contributed by atoms with Crippen LogP contribution in [0.4, 0.5) is 5.13 Å². The van der Waals surface area contributed by atoms with Crippen LogP contribution in [0.1, 0.15) is 28.1 Å². The van der Waals surface area contributed by atoms with Gasteiger partial charge in [-0.2, -0.15) is 0 Å². The maximum absolute atomic E-state index is 12.1. The lowest BCUT2D eigenvalue weighted by atomic mass is 10.2. The molecule has 6 nitrogen and oxygen atoms in total. The Morgan fingerprint density at radius 1 is 1.13 bits per heavy atom. The summed E-state index contributed by atoms with van der Waals surface area (Å²) in [6.45, 7) is 2.31. The molecule has 0 unspecified atom stereocenters. The molecule has 0 radical (unpaired) electrons. The fourth-order valence-corrected chi connectivity index (χ4v) is 3.63. The van der Waals surface area contributed by atoms with Gasteiger partial charge in [0.15, 0.2) is 5.13 Å². The third-order valence-electron chi connectivity index (χ3n) is 4.24. The smallest absolute Gasteiger partial charge is 0.303 e. The van der Waals surface area contributed by atoms with Gasteiger partial charge in [0.1, 0.15) is 12.4 Å². The van der Waals surface area contributed by atoms with Crippen molar-refractivity contribution in [1.29, 1.82) is 0 Å². The van der Waals surface area contributed by atoms with E-state index in [4.69, 9.17) is 9.84 Å². The van der Waals surface area contributed by atoms with Gasteiger partial charge in [0.05, 0.1) is 12.1 Å². The number of nitrogens with one attached hydrogen (secondary N) is 1. The van der Waals surface area contributed by atoms with E-state index in [0.29, 0.717) is 18.2 Å². The minimum absolute atomic E-state index is 0.0430. The first-order chi connectivity index (χ1) is 14.5. The molecule has 1 aromatic heterocycles. The predicted octanol–water partition coefficient (Wildman–Crippen LogP) is 4.70. The highest BCUT2D eigenvalue weighted by Crippen LogP contribution is 2.24. The molecule has 1 amide bonds. The third-order valence-corrected chi connectivity index (χ3v) is 5.38. The van der Waals surface area contributed by atoms with Crippen molar-refractivity contribution in [3.05, 3.63) is 82.4 Å². The van der Waals surface area contributed by atoms with E-state index < -0.39 is 5.97 Å². The van der Waals surface area contributed by atoms with Gasteiger partial charge in [-0.3, -0.25) is 14.9 Å². The standard InChI is InChI=1S/C23H22N2O4S/c1-16-20(12-14-22(27)28)30-23(24-16)25-21(26)13-9-17-7-10-19(11-8-17)29-15-18-5-3-2-4-6-18/h2-11,13H,12,14-15H2,1H3,(H,27,28)(H,24,25,26)/b13-9+. The lowest BCUT2D eigenvalue weighted by Gasteiger charge is -2.06. The first-order valence-corrected chi connectivity index (χ1v) is 10.3. The van der Waals surface area contributed by atoms with Gasteiger partial charge in [-0.1, -0.05) is 42.5 Å². The number of carboxylic acid groups (broad SMARTS) is 1. The van der Waals surface area contributed by atoms with Gasteiger partial charge in [-0.15, -0.1) is 11.3 Å². The number of amides is 1. The van der Waals surface area contributed by atoms with Crippen molar-refractivity contribution >= 4 is 34.4 Å². The highest BCUT2D eigenvalue weighted by Gasteiger charge is 2.10. The minimum atomic E-state index is -0.854. The Labute approximate surface area is 178 Å². The largest absolute Gasteiger partial charge is 0.489 e. The second-order valence-electron chi connectivity index (χ2n) is 6.59. The number of carboxylic acids is 1. The summed E-state index contributed by atoms with van der Waals surface area (Å²) in [4.78, 5) is 28.0. The number of aryl methyl sites for hydroxylation is 2. The maximum atomic E-state index is 12.1. The molecule has 30 heavy (non-hydrogen) atoms. The van der Waals surface area contributed by atoms with Gasteiger partial charge >= 0.3 is 5.97 Å². The Hall–Kier alpha value is -3.45. The monoisotopic (exact) mass is 422 g/mol. The van der Waals surface area contributed by atoms with Crippen molar-refractivity contribution in [2.24, 2.45) is 0 Å². The predicted molar refractivity (Wildman–Crippen MR) is 118 cm³/mol. The summed E-state index contributed by atoms with van der Waals surface area (Å²) in [5, 5.41) is 12.0. The van der Waals surface area contributed by atoms with E-state index in [1.807, 2.05) is 54.6 Å². The summed E-state index contributed by atoms with van der Waals surface area (Å²) in [6, 6.07) is 17.4. The molecule has 0 aliphatic rings. The van der Waals surface area contributed by atoms with E-state index in [1.54, 1.807) is 13.0 Å². The molecule has 0 bridgehead atoms. The van der Waals surface area contributed by atoms with Crippen molar-refractivity contribution in [2.75, 3.05) is 5.32 Å². The molecule has 2 N–H and O–H groups in total. The molecule has 1 heterocycles. The van der Waals surface area contributed by atoms with Gasteiger partial charge in [-0.05, 0) is 42.7 Å². The number of benzene rings is 2. The summed E-state index contributed by atoms with van der Waals surface area (Å²) in [5.74, 6) is -0.390. The lowest BCUT2D eigenvalue weighted by Crippen LogP contribution is -2.07. The maximum Gasteiger partial charge on any atom is 0.303 e. The van der Waals surface area contributed by atoms with Crippen LogP contribution in [0.5, 0.6) is 5.75 Å². The Bertz CT molecular complexity index is 1030. The lowest BCUT2D eigenvalue weighted by molar-refractivity contribution is -0.136. The number of carbonyl (C=O) groups excluding carboxylic acids is 1. The van der Waals surface area contributed by atoms with E-state index >= 15 is 0 Å². The molecular formula is C23H22N2O4S. The number of hydrogen-bond acceptors (Lipinski definition) is 5. The molecular weight excluding hydrogens is 400 g/mol. The van der Waals surface area contributed by atoms with Crippen molar-refractivity contribution in [3.8, 4) is 5.75 Å². The number of aliphatic carboxylic acids is 1. The van der Waals surface area contributed by atoms with Crippen LogP contribution in [0.15, 0.2) is 60.7 Å². The first-order valence-electron chi connectivity index (χ1n) is 9.43. The quantitative estimate of drug-likeness (QED) is 0.488. The molecule has 3 rings (SSSR count). The van der Waals surface area contributed by atoms with Crippen molar-refractivity contribution in [1.82, 2.24) is 4.98 Å². The van der Waals surface area contributed by atoms with Crippen LogP contribution in [0, 0.1) is 6.92 Å². The minimum Gasteiger partial charge on any atom is -0.489 e. The van der Waals surface area contributed by atoms with Crippen LogP contribution in [0.3, 0.4) is 0 Å². The van der Waals surface area contributed by atoms with Crippen molar-refractivity contribution in [2.45, 2.75) is 26.4 Å². The molecule has 3 aromatic rings. The Balaban J connectivity index is 1.51. The highest BCUT2D eigenvalue weighted by molar-refractivity contribution is 7.15. The number of thiazole rings is 1. The number of ether oxygens (including phenoxy) is 1. The number of hydrogen-bond donors (Lipinski definition) is 2. The van der Waals surface area contributed by atoms with Crippen molar-refractivity contribution < 1.29 is 19.4 Å². The van der Waals surface area contributed by atoms with Gasteiger partial charge < -0.3 is 9.84 Å².